The lowest BCUT2D eigenvalue weighted by molar-refractivity contribution is 0.0921. The van der Waals surface area contributed by atoms with Gasteiger partial charge in [0.05, 0.1) is 11.6 Å². The molecule has 2 rings (SSSR count). The Morgan fingerprint density at radius 2 is 1.95 bits per heavy atom. The third-order valence-electron chi connectivity index (χ3n) is 2.84. The van der Waals surface area contributed by atoms with Gasteiger partial charge in [0.15, 0.2) is 12.4 Å². The highest BCUT2D eigenvalue weighted by molar-refractivity contribution is 6.30. The Hall–Kier alpha value is -2.31. The summed E-state index contributed by atoms with van der Waals surface area (Å²) in [4.78, 5) is 12.0. The zero-order valence-corrected chi connectivity index (χ0v) is 11.6. The number of hydrogen-bond donors (Lipinski definition) is 0. The molecule has 0 amide bonds. The van der Waals surface area contributed by atoms with Crippen molar-refractivity contribution >= 4 is 17.4 Å². The Labute approximate surface area is 122 Å². The molecule has 0 fully saturated rings. The highest BCUT2D eigenvalue weighted by atomic mass is 35.5. The molecule has 20 heavy (non-hydrogen) atoms. The number of halogens is 1. The van der Waals surface area contributed by atoms with Crippen molar-refractivity contribution < 1.29 is 9.53 Å². The first-order valence-corrected chi connectivity index (χ1v) is 6.40. The summed E-state index contributed by atoms with van der Waals surface area (Å²) in [6, 6.07) is 13.8. The van der Waals surface area contributed by atoms with E-state index in [2.05, 4.69) is 0 Å². The zero-order chi connectivity index (χ0) is 14.5. The molecule has 0 aliphatic carbocycles. The van der Waals surface area contributed by atoms with Crippen molar-refractivity contribution in [2.24, 2.45) is 0 Å². The number of hydrogen-bond acceptors (Lipinski definition) is 3. The van der Waals surface area contributed by atoms with Crippen LogP contribution in [-0.2, 0) is 0 Å². The van der Waals surface area contributed by atoms with E-state index in [0.717, 1.165) is 5.56 Å². The van der Waals surface area contributed by atoms with Gasteiger partial charge in [0.2, 0.25) is 0 Å². The molecule has 0 radical (unpaired) electrons. The largest absolute Gasteiger partial charge is 0.485 e. The monoisotopic (exact) mass is 285 g/mol. The lowest BCUT2D eigenvalue weighted by Gasteiger charge is -2.08. The van der Waals surface area contributed by atoms with Crippen LogP contribution >= 0.6 is 11.6 Å². The van der Waals surface area contributed by atoms with Gasteiger partial charge in [0, 0.05) is 10.6 Å². The van der Waals surface area contributed by atoms with E-state index in [1.54, 1.807) is 42.5 Å². The average molecular weight is 286 g/mol. The van der Waals surface area contributed by atoms with Crippen molar-refractivity contribution in [2.75, 3.05) is 6.61 Å². The van der Waals surface area contributed by atoms with E-state index >= 15 is 0 Å². The van der Waals surface area contributed by atoms with E-state index in [9.17, 15) is 4.79 Å². The number of Topliss-reactive ketones (excluding diaryl/α,β-unsaturated/α-hetero) is 1. The summed E-state index contributed by atoms with van der Waals surface area (Å²) in [5, 5.41) is 9.43. The Bertz CT molecular complexity index is 672. The molecule has 0 saturated carbocycles. The Morgan fingerprint density at radius 3 is 2.60 bits per heavy atom. The third kappa shape index (κ3) is 3.37. The van der Waals surface area contributed by atoms with E-state index in [0.29, 0.717) is 21.9 Å². The second-order valence-electron chi connectivity index (χ2n) is 4.31. The molecule has 0 bridgehead atoms. The second-order valence-corrected chi connectivity index (χ2v) is 4.75. The first kappa shape index (κ1) is 14.1. The molecule has 0 saturated heterocycles. The van der Waals surface area contributed by atoms with Gasteiger partial charge in [0.25, 0.3) is 0 Å². The summed E-state index contributed by atoms with van der Waals surface area (Å²) in [6.07, 6.45) is 0. The maximum atomic E-state index is 12.0. The predicted molar refractivity (Wildman–Crippen MR) is 77.2 cm³/mol. The topological polar surface area (TPSA) is 50.1 Å². The number of carbonyl (C=O) groups is 1. The number of ketones is 1. The summed E-state index contributed by atoms with van der Waals surface area (Å²) in [7, 11) is 0. The van der Waals surface area contributed by atoms with Gasteiger partial charge in [-0.15, -0.1) is 0 Å². The fourth-order valence-electron chi connectivity index (χ4n) is 1.69. The van der Waals surface area contributed by atoms with Crippen LogP contribution in [0.3, 0.4) is 0 Å². The van der Waals surface area contributed by atoms with Crippen molar-refractivity contribution in [3.8, 4) is 11.8 Å². The van der Waals surface area contributed by atoms with Gasteiger partial charge in [-0.1, -0.05) is 17.7 Å². The minimum Gasteiger partial charge on any atom is -0.485 e. The smallest absolute Gasteiger partial charge is 0.200 e. The van der Waals surface area contributed by atoms with Crippen LogP contribution in [0.25, 0.3) is 0 Å². The fraction of sp³-hybridized carbons (Fsp3) is 0.125. The maximum Gasteiger partial charge on any atom is 0.200 e. The number of nitrogens with zero attached hydrogens (tertiary/aromatic N) is 1. The molecule has 0 aliphatic heterocycles. The Kier molecular flexibility index (Phi) is 4.39. The molecule has 0 aromatic heterocycles. The van der Waals surface area contributed by atoms with Crippen molar-refractivity contribution in [1.82, 2.24) is 0 Å². The lowest BCUT2D eigenvalue weighted by atomic mass is 10.1. The van der Waals surface area contributed by atoms with Crippen LogP contribution in [-0.4, -0.2) is 12.4 Å². The average Bonchev–Trinajstić information content (AvgIpc) is 2.47. The quantitative estimate of drug-likeness (QED) is 0.803. The number of carbonyl (C=O) groups excluding carboxylic acids is 1. The SMILES string of the molecule is Cc1ccc(C#N)cc1OCC(=O)c1ccc(Cl)cc1. The highest BCUT2D eigenvalue weighted by Crippen LogP contribution is 2.19. The van der Waals surface area contributed by atoms with Crippen molar-refractivity contribution in [1.29, 1.82) is 5.26 Å². The van der Waals surface area contributed by atoms with Gasteiger partial charge in [-0.3, -0.25) is 4.79 Å². The first-order chi connectivity index (χ1) is 9.60. The molecule has 0 aliphatic rings. The van der Waals surface area contributed by atoms with Crippen LogP contribution in [0.1, 0.15) is 21.5 Å². The molecule has 4 heteroatoms. The lowest BCUT2D eigenvalue weighted by Crippen LogP contribution is -2.12. The number of ether oxygens (including phenoxy) is 1. The summed E-state index contributed by atoms with van der Waals surface area (Å²) < 4.78 is 5.49. The molecule has 0 unspecified atom stereocenters. The van der Waals surface area contributed by atoms with Gasteiger partial charge >= 0.3 is 0 Å². The van der Waals surface area contributed by atoms with Gasteiger partial charge in [-0.25, -0.2) is 0 Å². The van der Waals surface area contributed by atoms with E-state index in [1.807, 2.05) is 13.0 Å². The summed E-state index contributed by atoms with van der Waals surface area (Å²) >= 11 is 5.77. The predicted octanol–water partition coefficient (Wildman–Crippen LogP) is 3.78. The van der Waals surface area contributed by atoms with Crippen LogP contribution in [0.2, 0.25) is 5.02 Å². The van der Waals surface area contributed by atoms with Crippen LogP contribution in [0.5, 0.6) is 5.75 Å². The van der Waals surface area contributed by atoms with E-state index < -0.39 is 0 Å². The second kappa shape index (κ2) is 6.23. The van der Waals surface area contributed by atoms with Gasteiger partial charge in [0.1, 0.15) is 5.75 Å². The molecule has 0 spiro atoms. The normalized spacial score (nSPS) is 9.85. The molecular formula is C16H12ClNO2. The van der Waals surface area contributed by atoms with Crippen LogP contribution in [0.15, 0.2) is 42.5 Å². The third-order valence-corrected chi connectivity index (χ3v) is 3.09. The Morgan fingerprint density at radius 1 is 1.25 bits per heavy atom. The van der Waals surface area contributed by atoms with Crippen molar-refractivity contribution in [3.05, 3.63) is 64.2 Å². The zero-order valence-electron chi connectivity index (χ0n) is 10.9. The van der Waals surface area contributed by atoms with E-state index in [-0.39, 0.29) is 12.4 Å². The maximum absolute atomic E-state index is 12.0. The number of nitriles is 1. The minimum absolute atomic E-state index is 0.0721. The number of rotatable bonds is 4. The van der Waals surface area contributed by atoms with Crippen molar-refractivity contribution in [3.63, 3.8) is 0 Å². The van der Waals surface area contributed by atoms with Crippen LogP contribution in [0, 0.1) is 18.3 Å². The molecule has 2 aromatic rings. The van der Waals surface area contributed by atoms with Gasteiger partial charge in [-0.2, -0.15) is 5.26 Å². The first-order valence-electron chi connectivity index (χ1n) is 6.02. The molecular weight excluding hydrogens is 274 g/mol. The summed E-state index contributed by atoms with van der Waals surface area (Å²) in [6.45, 7) is 1.79. The number of aryl methyl sites for hydroxylation is 1. The molecule has 100 valence electrons. The van der Waals surface area contributed by atoms with E-state index in [4.69, 9.17) is 21.6 Å². The summed E-state index contributed by atoms with van der Waals surface area (Å²) in [5.74, 6) is 0.412. The van der Waals surface area contributed by atoms with Gasteiger partial charge in [-0.05, 0) is 48.9 Å². The molecule has 0 N–H and O–H groups in total. The number of benzene rings is 2. The van der Waals surface area contributed by atoms with Crippen molar-refractivity contribution in [2.45, 2.75) is 6.92 Å². The minimum atomic E-state index is -0.136. The van der Waals surface area contributed by atoms with Crippen LogP contribution < -0.4 is 4.74 Å². The molecule has 0 heterocycles. The Balaban J connectivity index is 2.07. The molecule has 3 nitrogen and oxygen atoms in total. The standard InChI is InChI=1S/C16H12ClNO2/c1-11-2-3-12(9-18)8-16(11)20-10-15(19)13-4-6-14(17)7-5-13/h2-8H,10H2,1H3. The van der Waals surface area contributed by atoms with Gasteiger partial charge < -0.3 is 4.74 Å². The molecule has 2 aromatic carbocycles. The molecule has 0 atom stereocenters. The highest BCUT2D eigenvalue weighted by Gasteiger charge is 2.08. The summed E-state index contributed by atoms with van der Waals surface area (Å²) in [5.41, 5.74) is 1.93. The van der Waals surface area contributed by atoms with E-state index in [1.165, 1.54) is 0 Å². The fourth-order valence-corrected chi connectivity index (χ4v) is 1.81. The van der Waals surface area contributed by atoms with Crippen LogP contribution in [0.4, 0.5) is 0 Å².